The lowest BCUT2D eigenvalue weighted by Gasteiger charge is -2.44. The Morgan fingerprint density at radius 1 is 1.21 bits per heavy atom. The average Bonchev–Trinajstić information content (AvgIpc) is 2.66. The minimum absolute atomic E-state index is 0.208. The fraction of sp³-hybridized carbons (Fsp3) is 0.304. The molecule has 0 spiro atoms. The number of halogens is 2. The van der Waals surface area contributed by atoms with Crippen molar-refractivity contribution in [2.24, 2.45) is 10.7 Å². The maximum absolute atomic E-state index is 14.8. The molecule has 1 aliphatic rings. The molecule has 2 N–H and O–H groups in total. The predicted molar refractivity (Wildman–Crippen MR) is 110 cm³/mol. The van der Waals surface area contributed by atoms with Crippen molar-refractivity contribution in [3.63, 3.8) is 0 Å². The number of benzene rings is 2. The SMILES string of the molecule is C=C1[C@@H](c2ccc(C(C)(C)C#N)cc2)[C@@](C)(c2ccc(F)cc2F)N=C(N)N1C. The summed E-state index contributed by atoms with van der Waals surface area (Å²) in [6.45, 7) is 9.64. The summed E-state index contributed by atoms with van der Waals surface area (Å²) >= 11 is 0. The highest BCUT2D eigenvalue weighted by atomic mass is 19.1. The monoisotopic (exact) mass is 394 g/mol. The second-order valence-electron chi connectivity index (χ2n) is 8.08. The van der Waals surface area contributed by atoms with Gasteiger partial charge in [0.1, 0.15) is 17.2 Å². The normalized spacial score (nSPS) is 22.2. The van der Waals surface area contributed by atoms with Crippen LogP contribution in [-0.4, -0.2) is 17.9 Å². The highest BCUT2D eigenvalue weighted by molar-refractivity contribution is 5.82. The summed E-state index contributed by atoms with van der Waals surface area (Å²) in [6, 6.07) is 13.3. The molecule has 4 nitrogen and oxygen atoms in total. The molecule has 1 aliphatic heterocycles. The third-order valence-electron chi connectivity index (χ3n) is 5.74. The van der Waals surface area contributed by atoms with E-state index in [1.807, 2.05) is 38.1 Å². The van der Waals surface area contributed by atoms with Gasteiger partial charge in [-0.05, 0) is 38.0 Å². The molecule has 29 heavy (non-hydrogen) atoms. The Hall–Kier alpha value is -3.20. The molecule has 0 bridgehead atoms. The zero-order valence-corrected chi connectivity index (χ0v) is 17.0. The Bertz CT molecular complexity index is 1030. The number of nitriles is 1. The van der Waals surface area contributed by atoms with Crippen molar-refractivity contribution in [2.45, 2.75) is 37.6 Å². The summed E-state index contributed by atoms with van der Waals surface area (Å²) in [5.74, 6) is -1.56. The fourth-order valence-electron chi connectivity index (χ4n) is 3.83. The number of nitrogens with two attached hydrogens (primary N) is 1. The van der Waals surface area contributed by atoms with Crippen LogP contribution >= 0.6 is 0 Å². The van der Waals surface area contributed by atoms with Crippen molar-refractivity contribution in [3.8, 4) is 6.07 Å². The molecule has 0 aliphatic carbocycles. The van der Waals surface area contributed by atoms with E-state index in [1.165, 1.54) is 12.1 Å². The van der Waals surface area contributed by atoms with E-state index in [0.29, 0.717) is 5.70 Å². The van der Waals surface area contributed by atoms with Crippen LogP contribution in [0, 0.1) is 23.0 Å². The molecule has 0 unspecified atom stereocenters. The van der Waals surface area contributed by atoms with Crippen LogP contribution in [0.25, 0.3) is 0 Å². The summed E-state index contributed by atoms with van der Waals surface area (Å²) in [4.78, 5) is 6.26. The highest BCUT2D eigenvalue weighted by Crippen LogP contribution is 2.48. The molecule has 2 aromatic carbocycles. The van der Waals surface area contributed by atoms with E-state index in [-0.39, 0.29) is 11.5 Å². The van der Waals surface area contributed by atoms with Crippen LogP contribution in [0.15, 0.2) is 59.7 Å². The van der Waals surface area contributed by atoms with Crippen molar-refractivity contribution in [1.82, 2.24) is 4.90 Å². The van der Waals surface area contributed by atoms with Gasteiger partial charge in [-0.1, -0.05) is 36.9 Å². The molecular weight excluding hydrogens is 370 g/mol. The van der Waals surface area contributed by atoms with Crippen molar-refractivity contribution in [3.05, 3.63) is 83.1 Å². The molecule has 0 fully saturated rings. The van der Waals surface area contributed by atoms with Crippen LogP contribution in [0.4, 0.5) is 8.78 Å². The zero-order chi connectivity index (χ0) is 21.6. The van der Waals surface area contributed by atoms with Gasteiger partial charge in [0.05, 0.1) is 17.4 Å². The third kappa shape index (κ3) is 3.38. The van der Waals surface area contributed by atoms with E-state index in [9.17, 15) is 14.0 Å². The van der Waals surface area contributed by atoms with Gasteiger partial charge >= 0.3 is 0 Å². The highest BCUT2D eigenvalue weighted by Gasteiger charge is 2.45. The van der Waals surface area contributed by atoms with Crippen LogP contribution in [0.1, 0.15) is 43.4 Å². The first-order valence-corrected chi connectivity index (χ1v) is 9.26. The van der Waals surface area contributed by atoms with E-state index in [4.69, 9.17) is 5.73 Å². The van der Waals surface area contributed by atoms with Crippen LogP contribution < -0.4 is 5.73 Å². The first-order valence-electron chi connectivity index (χ1n) is 9.26. The van der Waals surface area contributed by atoms with Gasteiger partial charge < -0.3 is 10.6 Å². The maximum Gasteiger partial charge on any atom is 0.196 e. The maximum atomic E-state index is 14.8. The van der Waals surface area contributed by atoms with Crippen molar-refractivity contribution in [1.29, 1.82) is 5.26 Å². The van der Waals surface area contributed by atoms with Gasteiger partial charge in [-0.3, -0.25) is 0 Å². The molecule has 2 aromatic rings. The molecule has 6 heteroatoms. The van der Waals surface area contributed by atoms with E-state index in [1.54, 1.807) is 18.9 Å². The molecule has 0 saturated heterocycles. The molecule has 2 atom stereocenters. The largest absolute Gasteiger partial charge is 0.370 e. The summed E-state index contributed by atoms with van der Waals surface area (Å²) in [6.07, 6.45) is 0. The predicted octanol–water partition coefficient (Wildman–Crippen LogP) is 4.54. The third-order valence-corrected chi connectivity index (χ3v) is 5.74. The number of aliphatic imine (C=N–C) groups is 1. The zero-order valence-electron chi connectivity index (χ0n) is 17.0. The second kappa shape index (κ2) is 7.00. The van der Waals surface area contributed by atoms with Crippen LogP contribution in [-0.2, 0) is 11.0 Å². The van der Waals surface area contributed by atoms with Gasteiger partial charge in [-0.15, -0.1) is 0 Å². The molecule has 3 rings (SSSR count). The average molecular weight is 394 g/mol. The number of nitrogens with zero attached hydrogens (tertiary/aromatic N) is 3. The number of hydrogen-bond donors (Lipinski definition) is 1. The van der Waals surface area contributed by atoms with E-state index in [2.05, 4.69) is 17.6 Å². The number of rotatable bonds is 3. The summed E-state index contributed by atoms with van der Waals surface area (Å²) in [5, 5.41) is 9.38. The molecule has 0 amide bonds. The minimum atomic E-state index is -1.11. The molecular formula is C23H24F2N4. The van der Waals surface area contributed by atoms with Gasteiger partial charge in [0, 0.05) is 24.4 Å². The second-order valence-corrected chi connectivity index (χ2v) is 8.08. The Morgan fingerprint density at radius 2 is 1.83 bits per heavy atom. The first-order chi connectivity index (χ1) is 13.5. The van der Waals surface area contributed by atoms with Crippen LogP contribution in [0.2, 0.25) is 0 Å². The van der Waals surface area contributed by atoms with Crippen LogP contribution in [0.5, 0.6) is 0 Å². The number of likely N-dealkylation sites (N-methyl/N-ethyl adjacent to an activating group) is 1. The standard InChI is InChI=1S/C23H24F2N4/c1-14-20(15-6-8-16(9-7-15)22(2,3)13-26)23(4,28-21(27)29(14)5)18-11-10-17(24)12-19(18)25/h6-12,20H,1H2,2-5H3,(H2,27,28)/t20-,23+/m0/s1. The molecule has 0 aromatic heterocycles. The van der Waals surface area contributed by atoms with Crippen molar-refractivity contribution in [2.75, 3.05) is 7.05 Å². The van der Waals surface area contributed by atoms with E-state index in [0.717, 1.165) is 17.2 Å². The topological polar surface area (TPSA) is 65.4 Å². The van der Waals surface area contributed by atoms with Gasteiger partial charge in [0.15, 0.2) is 5.96 Å². The summed E-state index contributed by atoms with van der Waals surface area (Å²) in [7, 11) is 1.75. The first kappa shape index (κ1) is 20.5. The Labute approximate surface area is 170 Å². The minimum Gasteiger partial charge on any atom is -0.370 e. The van der Waals surface area contributed by atoms with E-state index < -0.39 is 28.5 Å². The summed E-state index contributed by atoms with van der Waals surface area (Å²) in [5.41, 5.74) is 6.95. The van der Waals surface area contributed by atoms with Gasteiger partial charge in [-0.2, -0.15) is 5.26 Å². The van der Waals surface area contributed by atoms with Gasteiger partial charge in [0.2, 0.25) is 0 Å². The fourth-order valence-corrected chi connectivity index (χ4v) is 3.83. The lowest BCUT2D eigenvalue weighted by atomic mass is 9.72. The summed E-state index contributed by atoms with van der Waals surface area (Å²) < 4.78 is 28.3. The Kier molecular flexibility index (Phi) is 4.96. The Balaban J connectivity index is 2.18. The lowest BCUT2D eigenvalue weighted by molar-refractivity contribution is 0.338. The lowest BCUT2D eigenvalue weighted by Crippen LogP contribution is -2.47. The van der Waals surface area contributed by atoms with Crippen molar-refractivity contribution < 1.29 is 8.78 Å². The van der Waals surface area contributed by atoms with E-state index >= 15 is 0 Å². The molecule has 1 heterocycles. The Morgan fingerprint density at radius 3 is 2.38 bits per heavy atom. The van der Waals surface area contributed by atoms with Crippen molar-refractivity contribution >= 4 is 5.96 Å². The smallest absolute Gasteiger partial charge is 0.196 e. The molecule has 150 valence electrons. The number of guanidine groups is 1. The van der Waals surface area contributed by atoms with Gasteiger partial charge in [0.25, 0.3) is 0 Å². The van der Waals surface area contributed by atoms with Gasteiger partial charge in [-0.25, -0.2) is 13.8 Å². The quantitative estimate of drug-likeness (QED) is 0.831. The molecule has 0 saturated carbocycles. The number of hydrogen-bond acceptors (Lipinski definition) is 4. The molecule has 0 radical (unpaired) electrons. The van der Waals surface area contributed by atoms with Crippen LogP contribution in [0.3, 0.4) is 0 Å².